The summed E-state index contributed by atoms with van der Waals surface area (Å²) in [5, 5.41) is 10.2. The fourth-order valence-electron chi connectivity index (χ4n) is 2.39. The van der Waals surface area contributed by atoms with Crippen molar-refractivity contribution in [1.29, 1.82) is 5.26 Å². The number of aromatic nitrogens is 1. The summed E-state index contributed by atoms with van der Waals surface area (Å²) in [5.74, 6) is -0.0527. The predicted molar refractivity (Wildman–Crippen MR) is 77.1 cm³/mol. The second kappa shape index (κ2) is 5.28. The van der Waals surface area contributed by atoms with Crippen molar-refractivity contribution >= 4 is 16.9 Å². The minimum Gasteiger partial charge on any atom is -0.494 e. The van der Waals surface area contributed by atoms with Crippen molar-refractivity contribution in [3.8, 4) is 11.8 Å². The van der Waals surface area contributed by atoms with E-state index in [1.165, 1.54) is 0 Å². The Morgan fingerprint density at radius 2 is 2.27 bits per heavy atom. The Morgan fingerprint density at radius 1 is 1.45 bits per heavy atom. The van der Waals surface area contributed by atoms with Gasteiger partial charge in [-0.05, 0) is 19.1 Å². The normalized spacial score (nSPS) is 22.9. The van der Waals surface area contributed by atoms with Crippen molar-refractivity contribution in [2.24, 2.45) is 0 Å². The molecule has 2 unspecified atom stereocenters. The van der Waals surface area contributed by atoms with Crippen molar-refractivity contribution in [1.82, 2.24) is 4.98 Å². The van der Waals surface area contributed by atoms with Gasteiger partial charge in [0, 0.05) is 5.39 Å². The number of pyridine rings is 1. The largest absolute Gasteiger partial charge is 0.494 e. The van der Waals surface area contributed by atoms with Crippen LogP contribution in [0.4, 0.5) is 0 Å². The van der Waals surface area contributed by atoms with Gasteiger partial charge in [-0.1, -0.05) is 18.2 Å². The highest BCUT2D eigenvalue weighted by atomic mass is 16.7. The van der Waals surface area contributed by atoms with Gasteiger partial charge in [0.05, 0.1) is 19.4 Å². The number of para-hydroxylation sites is 1. The average molecular weight is 298 g/mol. The molecule has 1 saturated heterocycles. The van der Waals surface area contributed by atoms with E-state index < -0.39 is 17.7 Å². The number of nitriles is 1. The zero-order valence-electron chi connectivity index (χ0n) is 12.2. The standard InChI is InChI=1S/C16H14N2O4/c1-3-21-15(19)16(9-17)14(22-16)11-8-7-10-5-4-6-12(20-2)13(10)18-11/h4-8,14H,3H2,1-2H3. The quantitative estimate of drug-likeness (QED) is 0.635. The maximum atomic E-state index is 11.9. The van der Waals surface area contributed by atoms with Gasteiger partial charge in [-0.2, -0.15) is 5.26 Å². The zero-order chi connectivity index (χ0) is 15.7. The van der Waals surface area contributed by atoms with E-state index in [-0.39, 0.29) is 6.61 Å². The van der Waals surface area contributed by atoms with Gasteiger partial charge in [-0.3, -0.25) is 0 Å². The van der Waals surface area contributed by atoms with E-state index in [0.717, 1.165) is 5.39 Å². The second-order valence-corrected chi connectivity index (χ2v) is 4.83. The van der Waals surface area contributed by atoms with Gasteiger partial charge < -0.3 is 14.2 Å². The number of hydrogen-bond donors (Lipinski definition) is 0. The molecule has 6 nitrogen and oxygen atoms in total. The molecule has 112 valence electrons. The lowest BCUT2D eigenvalue weighted by atomic mass is 10.0. The zero-order valence-corrected chi connectivity index (χ0v) is 12.2. The van der Waals surface area contributed by atoms with Crippen LogP contribution in [0, 0.1) is 11.3 Å². The molecule has 22 heavy (non-hydrogen) atoms. The molecule has 2 aromatic rings. The summed E-state index contributed by atoms with van der Waals surface area (Å²) >= 11 is 0. The van der Waals surface area contributed by atoms with Crippen LogP contribution in [0.3, 0.4) is 0 Å². The number of esters is 1. The van der Waals surface area contributed by atoms with Crippen LogP contribution in [-0.2, 0) is 14.3 Å². The molecule has 2 heterocycles. The van der Waals surface area contributed by atoms with Gasteiger partial charge in [0.25, 0.3) is 5.60 Å². The van der Waals surface area contributed by atoms with Crippen molar-refractivity contribution in [2.45, 2.75) is 18.6 Å². The van der Waals surface area contributed by atoms with Crippen molar-refractivity contribution in [3.05, 3.63) is 36.0 Å². The van der Waals surface area contributed by atoms with Gasteiger partial charge in [0.2, 0.25) is 0 Å². The van der Waals surface area contributed by atoms with Gasteiger partial charge >= 0.3 is 5.97 Å². The first-order valence-electron chi connectivity index (χ1n) is 6.86. The second-order valence-electron chi connectivity index (χ2n) is 4.83. The van der Waals surface area contributed by atoms with Crippen LogP contribution in [-0.4, -0.2) is 30.3 Å². The molecule has 0 N–H and O–H groups in total. The van der Waals surface area contributed by atoms with E-state index >= 15 is 0 Å². The molecule has 0 spiro atoms. The first kappa shape index (κ1) is 14.3. The SMILES string of the molecule is CCOC(=O)C1(C#N)OC1c1ccc2cccc(OC)c2n1. The topological polar surface area (TPSA) is 84.7 Å². The smallest absolute Gasteiger partial charge is 0.356 e. The number of benzene rings is 1. The first-order chi connectivity index (χ1) is 10.7. The third-order valence-electron chi connectivity index (χ3n) is 3.55. The third kappa shape index (κ3) is 2.07. The molecule has 2 atom stereocenters. The van der Waals surface area contributed by atoms with Crippen LogP contribution in [0.2, 0.25) is 0 Å². The number of methoxy groups -OCH3 is 1. The summed E-state index contributed by atoms with van der Waals surface area (Å²) in [6, 6.07) is 11.1. The Kier molecular flexibility index (Phi) is 3.43. The van der Waals surface area contributed by atoms with Crippen LogP contribution in [0.25, 0.3) is 10.9 Å². The number of carbonyl (C=O) groups is 1. The summed E-state index contributed by atoms with van der Waals surface area (Å²) in [6.07, 6.45) is -0.717. The van der Waals surface area contributed by atoms with Crippen LogP contribution in [0.15, 0.2) is 30.3 Å². The Labute approximate surface area is 127 Å². The Hall–Kier alpha value is -2.65. The minimum absolute atomic E-state index is 0.192. The van der Waals surface area contributed by atoms with Crippen LogP contribution >= 0.6 is 0 Å². The van der Waals surface area contributed by atoms with Crippen molar-refractivity contribution < 1.29 is 19.0 Å². The number of fused-ring (bicyclic) bond motifs is 1. The molecule has 1 aromatic heterocycles. The average Bonchev–Trinajstić information content (AvgIpc) is 3.30. The molecule has 1 aliphatic rings. The third-order valence-corrected chi connectivity index (χ3v) is 3.55. The van der Waals surface area contributed by atoms with Crippen molar-refractivity contribution in [2.75, 3.05) is 13.7 Å². The molecule has 0 bridgehead atoms. The molecule has 1 aromatic carbocycles. The fraction of sp³-hybridized carbons (Fsp3) is 0.312. The maximum absolute atomic E-state index is 11.9. The number of rotatable bonds is 4. The molecular formula is C16H14N2O4. The number of carbonyl (C=O) groups excluding carboxylic acids is 1. The highest BCUT2D eigenvalue weighted by Crippen LogP contribution is 2.49. The lowest BCUT2D eigenvalue weighted by molar-refractivity contribution is -0.147. The van der Waals surface area contributed by atoms with Gasteiger partial charge in [0.1, 0.15) is 17.3 Å². The molecule has 1 fully saturated rings. The Bertz CT molecular complexity index is 783. The van der Waals surface area contributed by atoms with E-state index in [2.05, 4.69) is 4.98 Å². The summed E-state index contributed by atoms with van der Waals surface area (Å²) in [6.45, 7) is 1.87. The van der Waals surface area contributed by atoms with Crippen LogP contribution in [0.1, 0.15) is 18.7 Å². The minimum atomic E-state index is -1.58. The highest BCUT2D eigenvalue weighted by molar-refractivity contribution is 5.88. The van der Waals surface area contributed by atoms with Gasteiger partial charge in [-0.25, -0.2) is 9.78 Å². The summed E-state index contributed by atoms with van der Waals surface area (Å²) in [4.78, 5) is 16.4. The van der Waals surface area contributed by atoms with Gasteiger partial charge in [-0.15, -0.1) is 0 Å². The molecule has 0 radical (unpaired) electrons. The fourth-order valence-corrected chi connectivity index (χ4v) is 2.39. The predicted octanol–water partition coefficient (Wildman–Crippen LogP) is 2.14. The number of epoxide rings is 1. The van der Waals surface area contributed by atoms with Crippen LogP contribution < -0.4 is 4.74 Å². The molecule has 3 rings (SSSR count). The number of nitrogens with zero attached hydrogens (tertiary/aromatic N) is 2. The highest BCUT2D eigenvalue weighted by Gasteiger charge is 2.66. The Balaban J connectivity index is 1.99. The number of hydrogen-bond acceptors (Lipinski definition) is 6. The maximum Gasteiger partial charge on any atom is 0.356 e. The molecule has 0 aliphatic carbocycles. The lowest BCUT2D eigenvalue weighted by Gasteiger charge is -2.06. The summed E-state index contributed by atoms with van der Waals surface area (Å²) in [5.41, 5.74) is -0.418. The first-order valence-corrected chi connectivity index (χ1v) is 6.86. The van der Waals surface area contributed by atoms with E-state index in [1.807, 2.05) is 24.3 Å². The molecule has 0 saturated carbocycles. The number of ether oxygens (including phenoxy) is 3. The monoisotopic (exact) mass is 298 g/mol. The summed E-state index contributed by atoms with van der Waals surface area (Å²) in [7, 11) is 1.56. The molecular weight excluding hydrogens is 284 g/mol. The molecule has 6 heteroatoms. The van der Waals surface area contributed by atoms with E-state index in [0.29, 0.717) is 17.0 Å². The van der Waals surface area contributed by atoms with Crippen molar-refractivity contribution in [3.63, 3.8) is 0 Å². The van der Waals surface area contributed by atoms with E-state index in [9.17, 15) is 10.1 Å². The molecule has 0 amide bonds. The summed E-state index contributed by atoms with van der Waals surface area (Å²) < 4.78 is 15.5. The van der Waals surface area contributed by atoms with Gasteiger partial charge in [0.15, 0.2) is 6.10 Å². The van der Waals surface area contributed by atoms with Crippen LogP contribution in [0.5, 0.6) is 5.75 Å². The van der Waals surface area contributed by atoms with E-state index in [4.69, 9.17) is 14.2 Å². The van der Waals surface area contributed by atoms with E-state index in [1.54, 1.807) is 26.2 Å². The molecule has 1 aliphatic heterocycles. The Morgan fingerprint density at radius 3 is 2.95 bits per heavy atom. The lowest BCUT2D eigenvalue weighted by Crippen LogP contribution is -2.26.